The molecule has 0 aromatic heterocycles. The monoisotopic (exact) mass is 250 g/mol. The molecule has 2 heterocycles. The van der Waals surface area contributed by atoms with Gasteiger partial charge < -0.3 is 15.0 Å². The summed E-state index contributed by atoms with van der Waals surface area (Å²) in [5.41, 5.74) is 1.63. The smallest absolute Gasteiger partial charge is 0.148 e. The fraction of sp³-hybridized carbons (Fsp3) is 0.571. The minimum absolute atomic E-state index is 0.158. The van der Waals surface area contributed by atoms with Crippen LogP contribution in [-0.2, 0) is 4.74 Å². The number of fused-ring (bicyclic) bond motifs is 2. The lowest BCUT2D eigenvalue weighted by Crippen LogP contribution is -2.41. The van der Waals surface area contributed by atoms with E-state index in [0.717, 1.165) is 38.4 Å². The number of hydrogen-bond donors (Lipinski definition) is 1. The van der Waals surface area contributed by atoms with E-state index < -0.39 is 0 Å². The van der Waals surface area contributed by atoms with Crippen molar-refractivity contribution in [2.24, 2.45) is 5.92 Å². The van der Waals surface area contributed by atoms with Crippen molar-refractivity contribution in [3.8, 4) is 0 Å². The topological polar surface area (TPSA) is 24.5 Å². The van der Waals surface area contributed by atoms with Gasteiger partial charge in [-0.05, 0) is 18.6 Å². The number of halogens is 1. The number of rotatable bonds is 2. The molecule has 3 nitrogen and oxygen atoms in total. The minimum Gasteiger partial charge on any atom is -0.381 e. The first-order chi connectivity index (χ1) is 8.81. The predicted octanol–water partition coefficient (Wildman–Crippen LogP) is 2.48. The standard InChI is InChI=1S/C14H19FN2O/c1-2-6-17-12-5-3-4-11(15)14(12)16-7-10-8-18-9-13(10)17/h3-5,10,13,16H,2,6-9H2,1H3. The van der Waals surface area contributed by atoms with Crippen LogP contribution in [-0.4, -0.2) is 32.3 Å². The van der Waals surface area contributed by atoms with Crippen molar-refractivity contribution < 1.29 is 9.13 Å². The van der Waals surface area contributed by atoms with Crippen molar-refractivity contribution in [1.29, 1.82) is 0 Å². The average molecular weight is 250 g/mol. The molecule has 0 spiro atoms. The Balaban J connectivity index is 2.03. The van der Waals surface area contributed by atoms with Gasteiger partial charge in [0, 0.05) is 19.0 Å². The Morgan fingerprint density at radius 2 is 2.33 bits per heavy atom. The Hall–Kier alpha value is -1.29. The van der Waals surface area contributed by atoms with E-state index in [1.165, 1.54) is 6.07 Å². The van der Waals surface area contributed by atoms with Gasteiger partial charge >= 0.3 is 0 Å². The minimum atomic E-state index is -0.158. The third kappa shape index (κ3) is 1.85. The van der Waals surface area contributed by atoms with E-state index in [-0.39, 0.29) is 5.82 Å². The van der Waals surface area contributed by atoms with E-state index in [4.69, 9.17) is 4.74 Å². The van der Waals surface area contributed by atoms with Gasteiger partial charge in [0.2, 0.25) is 0 Å². The first-order valence-electron chi connectivity index (χ1n) is 6.68. The number of nitrogens with zero attached hydrogens (tertiary/aromatic N) is 1. The van der Waals surface area contributed by atoms with Gasteiger partial charge in [0.15, 0.2) is 0 Å². The number of hydrogen-bond acceptors (Lipinski definition) is 3. The second kappa shape index (κ2) is 4.76. The van der Waals surface area contributed by atoms with Crippen LogP contribution in [0.4, 0.5) is 15.8 Å². The van der Waals surface area contributed by atoms with Crippen molar-refractivity contribution in [1.82, 2.24) is 0 Å². The maximum Gasteiger partial charge on any atom is 0.148 e. The Labute approximate surface area is 107 Å². The van der Waals surface area contributed by atoms with Gasteiger partial charge in [-0.25, -0.2) is 4.39 Å². The van der Waals surface area contributed by atoms with Crippen LogP contribution in [0.25, 0.3) is 0 Å². The SMILES string of the molecule is CCCN1c2cccc(F)c2NCC2COCC21. The zero-order valence-corrected chi connectivity index (χ0v) is 10.7. The molecule has 2 unspecified atom stereocenters. The van der Waals surface area contributed by atoms with E-state index in [9.17, 15) is 4.39 Å². The Kier molecular flexibility index (Phi) is 3.12. The summed E-state index contributed by atoms with van der Waals surface area (Å²) in [6.45, 7) is 5.42. The molecule has 0 radical (unpaired) electrons. The van der Waals surface area contributed by atoms with Crippen LogP contribution >= 0.6 is 0 Å². The molecule has 98 valence electrons. The van der Waals surface area contributed by atoms with Gasteiger partial charge in [-0.2, -0.15) is 0 Å². The molecule has 18 heavy (non-hydrogen) atoms. The summed E-state index contributed by atoms with van der Waals surface area (Å²) >= 11 is 0. The number of para-hydroxylation sites is 1. The highest BCUT2D eigenvalue weighted by molar-refractivity contribution is 5.72. The molecule has 1 fully saturated rings. The zero-order chi connectivity index (χ0) is 12.5. The molecule has 0 amide bonds. The predicted molar refractivity (Wildman–Crippen MR) is 70.6 cm³/mol. The lowest BCUT2D eigenvalue weighted by molar-refractivity contribution is 0.185. The summed E-state index contributed by atoms with van der Waals surface area (Å²) in [5.74, 6) is 0.290. The van der Waals surface area contributed by atoms with Crippen LogP contribution in [0.2, 0.25) is 0 Å². The molecule has 3 rings (SSSR count). The molecule has 1 aromatic carbocycles. The Morgan fingerprint density at radius 1 is 1.44 bits per heavy atom. The Bertz CT molecular complexity index is 438. The maximum absolute atomic E-state index is 13.9. The first-order valence-corrected chi connectivity index (χ1v) is 6.68. The molecular weight excluding hydrogens is 231 g/mol. The summed E-state index contributed by atoms with van der Waals surface area (Å²) in [7, 11) is 0. The molecule has 0 bridgehead atoms. The second-order valence-corrected chi connectivity index (χ2v) is 5.07. The molecular formula is C14H19FN2O. The number of benzene rings is 1. The number of nitrogens with one attached hydrogen (secondary N) is 1. The van der Waals surface area contributed by atoms with Crippen molar-refractivity contribution >= 4 is 11.4 Å². The van der Waals surface area contributed by atoms with E-state index >= 15 is 0 Å². The molecule has 1 saturated heterocycles. The highest BCUT2D eigenvalue weighted by atomic mass is 19.1. The first kappa shape index (κ1) is 11.8. The molecule has 2 aliphatic heterocycles. The van der Waals surface area contributed by atoms with Crippen LogP contribution in [0.5, 0.6) is 0 Å². The normalized spacial score (nSPS) is 26.2. The fourth-order valence-corrected chi connectivity index (χ4v) is 2.99. The number of anilines is 2. The zero-order valence-electron chi connectivity index (χ0n) is 10.7. The highest BCUT2D eigenvalue weighted by Gasteiger charge is 2.36. The van der Waals surface area contributed by atoms with E-state index in [0.29, 0.717) is 17.6 Å². The quantitative estimate of drug-likeness (QED) is 0.872. The largest absolute Gasteiger partial charge is 0.381 e. The fourth-order valence-electron chi connectivity index (χ4n) is 2.99. The van der Waals surface area contributed by atoms with Crippen LogP contribution in [0.15, 0.2) is 18.2 Å². The molecule has 2 aliphatic rings. The van der Waals surface area contributed by atoms with Crippen molar-refractivity contribution in [2.75, 3.05) is 36.5 Å². The third-order valence-electron chi connectivity index (χ3n) is 3.87. The Morgan fingerprint density at radius 3 is 3.17 bits per heavy atom. The molecule has 1 N–H and O–H groups in total. The summed E-state index contributed by atoms with van der Waals surface area (Å²) in [6.07, 6.45) is 1.05. The van der Waals surface area contributed by atoms with Crippen LogP contribution in [0, 0.1) is 11.7 Å². The van der Waals surface area contributed by atoms with Crippen molar-refractivity contribution in [3.63, 3.8) is 0 Å². The van der Waals surface area contributed by atoms with E-state index in [2.05, 4.69) is 17.1 Å². The van der Waals surface area contributed by atoms with Crippen LogP contribution < -0.4 is 10.2 Å². The van der Waals surface area contributed by atoms with E-state index in [1.54, 1.807) is 6.07 Å². The molecule has 1 aromatic rings. The molecule has 0 aliphatic carbocycles. The summed E-state index contributed by atoms with van der Waals surface area (Å²) in [6, 6.07) is 5.68. The van der Waals surface area contributed by atoms with Gasteiger partial charge in [0.05, 0.1) is 30.6 Å². The van der Waals surface area contributed by atoms with Crippen LogP contribution in [0.3, 0.4) is 0 Å². The van der Waals surface area contributed by atoms with Crippen molar-refractivity contribution in [3.05, 3.63) is 24.0 Å². The summed E-state index contributed by atoms with van der Waals surface area (Å²) in [5, 5.41) is 3.26. The van der Waals surface area contributed by atoms with Gasteiger partial charge in [-0.1, -0.05) is 13.0 Å². The lowest BCUT2D eigenvalue weighted by Gasteiger charge is -2.31. The average Bonchev–Trinajstić information content (AvgIpc) is 2.77. The van der Waals surface area contributed by atoms with Gasteiger partial charge in [-0.15, -0.1) is 0 Å². The van der Waals surface area contributed by atoms with Gasteiger partial charge in [0.25, 0.3) is 0 Å². The molecule has 0 saturated carbocycles. The van der Waals surface area contributed by atoms with Gasteiger partial charge in [-0.3, -0.25) is 0 Å². The molecule has 2 atom stereocenters. The van der Waals surface area contributed by atoms with E-state index in [1.807, 2.05) is 6.07 Å². The maximum atomic E-state index is 13.9. The molecule has 4 heteroatoms. The van der Waals surface area contributed by atoms with Crippen molar-refractivity contribution in [2.45, 2.75) is 19.4 Å². The second-order valence-electron chi connectivity index (χ2n) is 5.07. The summed E-state index contributed by atoms with van der Waals surface area (Å²) < 4.78 is 19.5. The van der Waals surface area contributed by atoms with Crippen LogP contribution in [0.1, 0.15) is 13.3 Å². The lowest BCUT2D eigenvalue weighted by atomic mass is 10.0. The summed E-state index contributed by atoms with van der Waals surface area (Å²) in [4.78, 5) is 2.32. The highest BCUT2D eigenvalue weighted by Crippen LogP contribution is 2.36. The number of ether oxygens (including phenoxy) is 1. The van der Waals surface area contributed by atoms with Gasteiger partial charge in [0.1, 0.15) is 5.82 Å². The third-order valence-corrected chi connectivity index (χ3v) is 3.87.